The fraction of sp³-hybridized carbons (Fsp3) is 0.520. The first-order chi connectivity index (χ1) is 12.6. The van der Waals surface area contributed by atoms with Gasteiger partial charge in [-0.1, -0.05) is 48.4 Å². The van der Waals surface area contributed by atoms with Crippen molar-refractivity contribution in [1.82, 2.24) is 5.32 Å². The lowest BCUT2D eigenvalue weighted by Gasteiger charge is -2.34. The van der Waals surface area contributed by atoms with E-state index in [1.165, 1.54) is 60.8 Å². The fourth-order valence-electron chi connectivity index (χ4n) is 5.15. The number of aryl methyl sites for hydroxylation is 1. The summed E-state index contributed by atoms with van der Waals surface area (Å²) in [5.41, 5.74) is 10.8. The molecule has 1 fully saturated rings. The van der Waals surface area contributed by atoms with E-state index in [1.807, 2.05) is 0 Å². The molecule has 1 heteroatoms. The van der Waals surface area contributed by atoms with Crippen molar-refractivity contribution in [3.05, 3.63) is 64.8 Å². The lowest BCUT2D eigenvalue weighted by atomic mass is 9.72. The second-order valence-corrected chi connectivity index (χ2v) is 8.62. The molecule has 0 spiro atoms. The van der Waals surface area contributed by atoms with Crippen molar-refractivity contribution in [2.24, 2.45) is 5.92 Å². The van der Waals surface area contributed by atoms with Gasteiger partial charge in [0, 0.05) is 12.6 Å². The van der Waals surface area contributed by atoms with Crippen molar-refractivity contribution >= 4 is 5.57 Å². The summed E-state index contributed by atoms with van der Waals surface area (Å²) in [5.74, 6) is 1.41. The quantitative estimate of drug-likeness (QED) is 0.478. The van der Waals surface area contributed by atoms with Gasteiger partial charge < -0.3 is 5.32 Å². The maximum absolute atomic E-state index is 4.29. The molecule has 3 atom stereocenters. The number of hydrogen-bond donors (Lipinski definition) is 1. The predicted octanol–water partition coefficient (Wildman–Crippen LogP) is 6.48. The van der Waals surface area contributed by atoms with E-state index in [2.05, 4.69) is 50.5 Å². The summed E-state index contributed by atoms with van der Waals surface area (Å²) in [5, 5.41) is 3.51. The van der Waals surface area contributed by atoms with Crippen LogP contribution >= 0.6 is 0 Å². The molecule has 2 unspecified atom stereocenters. The second-order valence-electron chi connectivity index (χ2n) is 8.62. The largest absolute Gasteiger partial charge is 0.307 e. The maximum Gasteiger partial charge on any atom is 0.0456 e. The third-order valence-corrected chi connectivity index (χ3v) is 6.80. The van der Waals surface area contributed by atoms with Gasteiger partial charge in [-0.2, -0.15) is 0 Å². The van der Waals surface area contributed by atoms with Crippen LogP contribution < -0.4 is 5.32 Å². The smallest absolute Gasteiger partial charge is 0.0456 e. The van der Waals surface area contributed by atoms with Crippen molar-refractivity contribution in [1.29, 1.82) is 0 Å². The van der Waals surface area contributed by atoms with Crippen LogP contribution in [0.25, 0.3) is 5.57 Å². The lowest BCUT2D eigenvalue weighted by Crippen LogP contribution is -2.16. The van der Waals surface area contributed by atoms with E-state index in [-0.39, 0.29) is 0 Å². The Morgan fingerprint density at radius 1 is 1.19 bits per heavy atom. The third-order valence-electron chi connectivity index (χ3n) is 6.80. The Balaban J connectivity index is 1.64. The van der Waals surface area contributed by atoms with Crippen molar-refractivity contribution in [2.45, 2.75) is 70.8 Å². The Bertz CT molecular complexity index is 763. The highest BCUT2D eigenvalue weighted by atomic mass is 15.1. The Morgan fingerprint density at radius 3 is 2.58 bits per heavy atom. The maximum atomic E-state index is 4.29. The SMILES string of the molecule is C=CC1CCC2=C(CCC(c3cc(CC)c([C@@H]4CN4)c(C(=C)C)c3)C2)C1. The van der Waals surface area contributed by atoms with Crippen molar-refractivity contribution < 1.29 is 0 Å². The third kappa shape index (κ3) is 3.34. The molecule has 0 aromatic heterocycles. The van der Waals surface area contributed by atoms with Gasteiger partial charge >= 0.3 is 0 Å². The summed E-state index contributed by atoms with van der Waals surface area (Å²) in [4.78, 5) is 0. The molecule has 0 bridgehead atoms. The van der Waals surface area contributed by atoms with Crippen LogP contribution in [0, 0.1) is 5.92 Å². The zero-order valence-electron chi connectivity index (χ0n) is 16.5. The van der Waals surface area contributed by atoms with E-state index >= 15 is 0 Å². The van der Waals surface area contributed by atoms with E-state index < -0.39 is 0 Å². The number of nitrogens with one attached hydrogen (secondary N) is 1. The minimum atomic E-state index is 0.556. The summed E-state index contributed by atoms with van der Waals surface area (Å²) in [7, 11) is 0. The van der Waals surface area contributed by atoms with Gasteiger partial charge in [-0.25, -0.2) is 0 Å². The summed E-state index contributed by atoms with van der Waals surface area (Å²) < 4.78 is 0. The minimum absolute atomic E-state index is 0.556. The van der Waals surface area contributed by atoms with Crippen LogP contribution in [-0.2, 0) is 6.42 Å². The lowest BCUT2D eigenvalue weighted by molar-refractivity contribution is 0.463. The van der Waals surface area contributed by atoms with Crippen LogP contribution in [0.1, 0.15) is 86.6 Å². The highest BCUT2D eigenvalue weighted by Crippen LogP contribution is 2.45. The summed E-state index contributed by atoms with van der Waals surface area (Å²) in [6, 6.07) is 5.55. The van der Waals surface area contributed by atoms with Crippen molar-refractivity contribution in [2.75, 3.05) is 6.54 Å². The monoisotopic (exact) mass is 347 g/mol. The number of benzene rings is 1. The highest BCUT2D eigenvalue weighted by Gasteiger charge is 2.31. The number of hydrogen-bond acceptors (Lipinski definition) is 1. The molecule has 0 radical (unpaired) electrons. The first-order valence-corrected chi connectivity index (χ1v) is 10.5. The van der Waals surface area contributed by atoms with Crippen LogP contribution in [0.2, 0.25) is 0 Å². The number of rotatable bonds is 5. The highest BCUT2D eigenvalue weighted by molar-refractivity contribution is 5.68. The molecule has 0 saturated carbocycles. The number of allylic oxidation sites excluding steroid dienone is 4. The molecule has 138 valence electrons. The Hall–Kier alpha value is -1.60. The van der Waals surface area contributed by atoms with Crippen molar-refractivity contribution in [3.8, 4) is 0 Å². The Labute approximate surface area is 159 Å². The molecule has 1 aromatic rings. The molecule has 26 heavy (non-hydrogen) atoms. The van der Waals surface area contributed by atoms with E-state index in [1.54, 1.807) is 16.7 Å². The zero-order valence-corrected chi connectivity index (χ0v) is 16.5. The van der Waals surface area contributed by atoms with Crippen LogP contribution in [0.4, 0.5) is 0 Å². The summed E-state index contributed by atoms with van der Waals surface area (Å²) >= 11 is 0. The molecular formula is C25H33N. The fourth-order valence-corrected chi connectivity index (χ4v) is 5.15. The molecule has 1 aliphatic heterocycles. The van der Waals surface area contributed by atoms with Gasteiger partial charge in [0.25, 0.3) is 0 Å². The molecule has 2 aliphatic carbocycles. The summed E-state index contributed by atoms with van der Waals surface area (Å²) in [6.07, 6.45) is 11.0. The second kappa shape index (κ2) is 7.19. The Morgan fingerprint density at radius 2 is 1.92 bits per heavy atom. The van der Waals surface area contributed by atoms with Gasteiger partial charge in [-0.15, -0.1) is 6.58 Å². The predicted molar refractivity (Wildman–Crippen MR) is 112 cm³/mol. The summed E-state index contributed by atoms with van der Waals surface area (Å²) in [6.45, 7) is 13.9. The average Bonchev–Trinajstić information content (AvgIpc) is 3.50. The van der Waals surface area contributed by atoms with Crippen LogP contribution in [0.15, 0.2) is 42.5 Å². The molecule has 1 saturated heterocycles. The first-order valence-electron chi connectivity index (χ1n) is 10.5. The van der Waals surface area contributed by atoms with Gasteiger partial charge in [-0.3, -0.25) is 0 Å². The first kappa shape index (κ1) is 17.8. The molecule has 3 aliphatic rings. The molecule has 4 rings (SSSR count). The Kier molecular flexibility index (Phi) is 4.92. The van der Waals surface area contributed by atoms with Crippen LogP contribution in [0.5, 0.6) is 0 Å². The van der Waals surface area contributed by atoms with E-state index in [4.69, 9.17) is 0 Å². The van der Waals surface area contributed by atoms with E-state index in [0.29, 0.717) is 12.0 Å². The molecule has 1 nitrogen and oxygen atoms in total. The molecule has 1 aromatic carbocycles. The standard InChI is InChI=1S/C25H33N/c1-5-17-7-8-20-13-21(10-9-19(20)11-17)22-12-18(6-2)25(24-15-26-24)23(14-22)16(3)4/h5,12,14,17,21,24,26H,1,3,6-11,13,15H2,2,4H3/t17?,21?,24-/m0/s1. The molecule has 1 heterocycles. The van der Waals surface area contributed by atoms with Gasteiger partial charge in [0.2, 0.25) is 0 Å². The topological polar surface area (TPSA) is 21.9 Å². The van der Waals surface area contributed by atoms with Crippen LogP contribution in [0.3, 0.4) is 0 Å². The normalized spacial score (nSPS) is 27.8. The zero-order chi connectivity index (χ0) is 18.3. The average molecular weight is 348 g/mol. The van der Waals surface area contributed by atoms with Gasteiger partial charge in [0.05, 0.1) is 0 Å². The van der Waals surface area contributed by atoms with Gasteiger partial charge in [0.15, 0.2) is 0 Å². The molecule has 0 amide bonds. The van der Waals surface area contributed by atoms with Gasteiger partial charge in [0.1, 0.15) is 0 Å². The van der Waals surface area contributed by atoms with E-state index in [9.17, 15) is 0 Å². The minimum Gasteiger partial charge on any atom is -0.307 e. The van der Waals surface area contributed by atoms with Crippen molar-refractivity contribution in [3.63, 3.8) is 0 Å². The van der Waals surface area contributed by atoms with E-state index in [0.717, 1.165) is 18.9 Å². The van der Waals surface area contributed by atoms with Gasteiger partial charge in [-0.05, 0) is 86.0 Å². The molecular weight excluding hydrogens is 314 g/mol. The molecule has 1 N–H and O–H groups in total. The van der Waals surface area contributed by atoms with Crippen LogP contribution in [-0.4, -0.2) is 6.54 Å².